The van der Waals surface area contributed by atoms with Crippen molar-refractivity contribution in [2.75, 3.05) is 0 Å². The molecule has 0 radical (unpaired) electrons. The summed E-state index contributed by atoms with van der Waals surface area (Å²) in [5.74, 6) is 0. The number of para-hydroxylation sites is 4. The van der Waals surface area contributed by atoms with Gasteiger partial charge in [0.1, 0.15) is 22.3 Å². The van der Waals surface area contributed by atoms with Gasteiger partial charge in [0, 0.05) is 21.5 Å². The SMILES string of the molecule is CC(C)(C)c1cc(-c2cc(C(C)(C)C)cc(C(C)(C)C)c2Cp2oc3ccccc3c3ccccc3o2)c(Cp2oc3ccccc3c3ccccc3o2)c(C(C)(C)C)c1. The van der Waals surface area contributed by atoms with Crippen molar-refractivity contribution in [3.8, 4) is 11.1 Å². The molecule has 0 saturated heterocycles. The van der Waals surface area contributed by atoms with Gasteiger partial charge in [0.2, 0.25) is 16.0 Å². The molecule has 4 nitrogen and oxygen atoms in total. The Kier molecular flexibility index (Phi) is 10.8. The topological polar surface area (TPSA) is 52.6 Å². The second kappa shape index (κ2) is 15.5. The summed E-state index contributed by atoms with van der Waals surface area (Å²) in [7, 11) is -2.90. The van der Waals surface area contributed by atoms with E-state index in [2.05, 4.69) is 204 Å². The smallest absolute Gasteiger partial charge is 0.221 e. The minimum atomic E-state index is -1.45. The first-order valence-electron chi connectivity index (χ1n) is 21.3. The van der Waals surface area contributed by atoms with Crippen molar-refractivity contribution >= 4 is 59.9 Å². The van der Waals surface area contributed by atoms with Crippen LogP contribution < -0.4 is 0 Å². The summed E-state index contributed by atoms with van der Waals surface area (Å²) in [6.07, 6.45) is 1.22. The molecule has 0 saturated carbocycles. The van der Waals surface area contributed by atoms with E-state index in [1.165, 1.54) is 44.5 Å². The van der Waals surface area contributed by atoms with Gasteiger partial charge in [-0.05, 0) is 90.4 Å². The number of hydrogen-bond acceptors (Lipinski definition) is 4. The molecule has 2 heterocycles. The van der Waals surface area contributed by atoms with Gasteiger partial charge in [-0.2, -0.15) is 0 Å². The van der Waals surface area contributed by atoms with Crippen LogP contribution in [0.5, 0.6) is 0 Å². The van der Waals surface area contributed by atoms with Crippen molar-refractivity contribution in [3.63, 3.8) is 0 Å². The standard InChI is InChI=1S/C54H60O4P2/c1-51(2,3)35-29-41(43(45(31-35)53(7,8)9)33-59-55-47-25-17-13-21-37(47)38-22-14-18-26-48(38)56-59)42-30-36(52(4,5)6)32-46(54(10,11)12)44(42)34-60-57-49-27-19-15-23-39(49)40-24-16-20-28-50(40)58-60/h13-32H,33-34H2,1-12H3. The van der Waals surface area contributed by atoms with Crippen molar-refractivity contribution in [1.29, 1.82) is 0 Å². The number of hydrogen-bond donors (Lipinski definition) is 0. The summed E-state index contributed by atoms with van der Waals surface area (Å²) in [5.41, 5.74) is 13.1. The van der Waals surface area contributed by atoms with Crippen LogP contribution in [0.25, 0.3) is 55.0 Å². The molecule has 6 aromatic carbocycles. The highest BCUT2D eigenvalue weighted by Gasteiger charge is 2.31. The molecule has 8 aromatic rings. The Labute approximate surface area is 358 Å². The molecule has 0 aliphatic carbocycles. The summed E-state index contributed by atoms with van der Waals surface area (Å²) in [6, 6.07) is 43.2. The third kappa shape index (κ3) is 8.39. The summed E-state index contributed by atoms with van der Waals surface area (Å²) in [6.45, 7) is 28.0. The van der Waals surface area contributed by atoms with Gasteiger partial charge in [0.25, 0.3) is 0 Å². The zero-order valence-corrected chi connectivity index (χ0v) is 39.3. The quantitative estimate of drug-likeness (QED) is 0.173. The van der Waals surface area contributed by atoms with E-state index in [1.807, 2.05) is 0 Å². The first kappa shape index (κ1) is 41.8. The van der Waals surface area contributed by atoms with E-state index in [4.69, 9.17) is 16.8 Å². The minimum Gasteiger partial charge on any atom is -0.419 e. The number of benzene rings is 6. The normalized spacial score (nSPS) is 12.8. The summed E-state index contributed by atoms with van der Waals surface area (Å²) in [4.78, 5) is 0. The lowest BCUT2D eigenvalue weighted by molar-refractivity contribution is 0.562. The lowest BCUT2D eigenvalue weighted by atomic mass is 9.73. The fraction of sp³-hybridized carbons (Fsp3) is 0.333. The highest BCUT2D eigenvalue weighted by Crippen LogP contribution is 2.50. The maximum atomic E-state index is 6.99. The summed E-state index contributed by atoms with van der Waals surface area (Å²) in [5, 5.41) is 4.23. The molecule has 310 valence electrons. The predicted molar refractivity (Wildman–Crippen MR) is 258 cm³/mol. The molecular weight excluding hydrogens is 775 g/mol. The maximum absolute atomic E-state index is 6.99. The first-order valence-corrected chi connectivity index (χ1v) is 24.0. The monoisotopic (exact) mass is 834 g/mol. The van der Waals surface area contributed by atoms with E-state index < -0.39 is 16.0 Å². The van der Waals surface area contributed by atoms with Crippen LogP contribution in [0.1, 0.15) is 116 Å². The van der Waals surface area contributed by atoms with Crippen LogP contribution >= 0.6 is 16.0 Å². The van der Waals surface area contributed by atoms with Gasteiger partial charge in [-0.15, -0.1) is 0 Å². The van der Waals surface area contributed by atoms with Gasteiger partial charge in [0.15, 0.2) is 0 Å². The fourth-order valence-electron chi connectivity index (χ4n) is 8.31. The Morgan fingerprint density at radius 2 is 0.617 bits per heavy atom. The molecule has 0 aliphatic heterocycles. The van der Waals surface area contributed by atoms with E-state index >= 15 is 0 Å². The van der Waals surface area contributed by atoms with Gasteiger partial charge < -0.3 is 16.8 Å². The second-order valence-corrected chi connectivity index (χ2v) is 23.1. The van der Waals surface area contributed by atoms with Crippen molar-refractivity contribution in [3.05, 3.63) is 155 Å². The molecule has 6 heteroatoms. The van der Waals surface area contributed by atoms with Crippen LogP contribution in [0.2, 0.25) is 0 Å². The van der Waals surface area contributed by atoms with Crippen molar-refractivity contribution < 1.29 is 16.8 Å². The van der Waals surface area contributed by atoms with E-state index in [0.29, 0.717) is 12.3 Å². The Bertz CT molecular complexity index is 2650. The third-order valence-corrected chi connectivity index (χ3v) is 14.4. The minimum absolute atomic E-state index is 0.106. The summed E-state index contributed by atoms with van der Waals surface area (Å²) < 4.78 is 28.0. The second-order valence-electron chi connectivity index (χ2n) is 20.4. The highest BCUT2D eigenvalue weighted by molar-refractivity contribution is 7.36. The van der Waals surface area contributed by atoms with Crippen molar-refractivity contribution in [1.82, 2.24) is 0 Å². The molecule has 8 rings (SSSR count). The lowest BCUT2D eigenvalue weighted by Crippen LogP contribution is -2.21. The molecule has 2 aromatic heterocycles. The van der Waals surface area contributed by atoms with Gasteiger partial charge >= 0.3 is 0 Å². The summed E-state index contributed by atoms with van der Waals surface area (Å²) >= 11 is 0. The van der Waals surface area contributed by atoms with Gasteiger partial charge in [0.05, 0.1) is 12.3 Å². The van der Waals surface area contributed by atoms with Crippen LogP contribution in [0.15, 0.2) is 138 Å². The van der Waals surface area contributed by atoms with E-state index in [0.717, 1.165) is 43.9 Å². The highest BCUT2D eigenvalue weighted by atomic mass is 31.1. The Morgan fingerprint density at radius 3 is 0.867 bits per heavy atom. The predicted octanol–water partition coefficient (Wildman–Crippen LogP) is 17.8. The Morgan fingerprint density at radius 1 is 0.350 bits per heavy atom. The molecule has 0 spiro atoms. The molecule has 0 fully saturated rings. The molecule has 0 bridgehead atoms. The van der Waals surface area contributed by atoms with Crippen LogP contribution in [0, 0.1) is 0 Å². The third-order valence-electron chi connectivity index (χ3n) is 11.6. The molecule has 0 unspecified atom stereocenters. The number of fused-ring (bicyclic) bond motifs is 6. The molecule has 0 atom stereocenters. The molecular formula is C54H60O4P2. The van der Waals surface area contributed by atoms with Gasteiger partial charge in [-0.25, -0.2) is 0 Å². The molecule has 0 N–H and O–H groups in total. The van der Waals surface area contributed by atoms with Gasteiger partial charge in [-0.1, -0.05) is 180 Å². The van der Waals surface area contributed by atoms with Crippen molar-refractivity contribution in [2.45, 2.75) is 117 Å². The Hall–Kier alpha value is -4.88. The van der Waals surface area contributed by atoms with E-state index in [1.54, 1.807) is 0 Å². The van der Waals surface area contributed by atoms with Gasteiger partial charge in [-0.3, -0.25) is 0 Å². The van der Waals surface area contributed by atoms with Crippen LogP contribution in [0.3, 0.4) is 0 Å². The van der Waals surface area contributed by atoms with Crippen molar-refractivity contribution in [2.24, 2.45) is 0 Å². The average Bonchev–Trinajstić information content (AvgIpc) is 3.43. The lowest BCUT2D eigenvalue weighted by Gasteiger charge is -2.33. The Balaban J connectivity index is 1.49. The molecule has 0 amide bonds. The maximum Gasteiger partial charge on any atom is 0.221 e. The molecule has 60 heavy (non-hydrogen) atoms. The van der Waals surface area contributed by atoms with Crippen LogP contribution in [0.4, 0.5) is 0 Å². The zero-order valence-electron chi connectivity index (χ0n) is 37.5. The fourth-order valence-corrected chi connectivity index (χ4v) is 11.4. The van der Waals surface area contributed by atoms with E-state index in [-0.39, 0.29) is 21.7 Å². The number of rotatable bonds is 5. The van der Waals surface area contributed by atoms with E-state index in [9.17, 15) is 0 Å². The first-order chi connectivity index (χ1) is 28.3. The van der Waals surface area contributed by atoms with Crippen LogP contribution in [-0.2, 0) is 34.0 Å². The average molecular weight is 835 g/mol. The molecule has 0 aliphatic rings. The largest absolute Gasteiger partial charge is 0.419 e. The zero-order chi connectivity index (χ0) is 42.8. The van der Waals surface area contributed by atoms with Crippen LogP contribution in [-0.4, -0.2) is 0 Å².